The molecule has 0 bridgehead atoms. The molecule has 11 aromatic rings. The highest BCUT2D eigenvalue weighted by Crippen LogP contribution is 2.50. The molecule has 0 fully saturated rings. The first kappa shape index (κ1) is 25.1. The molecule has 0 radical (unpaired) electrons. The molecule has 1 aromatic heterocycles. The molecule has 0 spiro atoms. The molecule has 11 rings (SSSR count). The molecule has 216 valence electrons. The minimum atomic E-state index is 0.928. The number of hydrogen-bond acceptors (Lipinski definition) is 1. The van der Waals surface area contributed by atoms with Crippen molar-refractivity contribution in [2.24, 2.45) is 0 Å². The second kappa shape index (κ2) is 9.19. The number of para-hydroxylation sites is 1. The summed E-state index contributed by atoms with van der Waals surface area (Å²) >= 11 is 0. The SMILES string of the molecule is c1cc(-c2cccc3ccccc23)cc(-c2c3ccccc3c3c4c2cccc4c2cccc4cc5c6ccccc6oc5c3c42)c1. The highest BCUT2D eigenvalue weighted by atomic mass is 16.3. The van der Waals surface area contributed by atoms with Crippen molar-refractivity contribution in [3.63, 3.8) is 0 Å². The lowest BCUT2D eigenvalue weighted by molar-refractivity contribution is 0.673. The molecule has 1 heteroatoms. The summed E-state index contributed by atoms with van der Waals surface area (Å²) in [6, 6.07) is 57.7. The van der Waals surface area contributed by atoms with Crippen LogP contribution in [0.2, 0.25) is 0 Å². The van der Waals surface area contributed by atoms with E-state index in [2.05, 4.69) is 158 Å². The van der Waals surface area contributed by atoms with Gasteiger partial charge in [0.15, 0.2) is 0 Å². The van der Waals surface area contributed by atoms with E-state index in [-0.39, 0.29) is 0 Å². The topological polar surface area (TPSA) is 13.1 Å². The van der Waals surface area contributed by atoms with Gasteiger partial charge in [-0.1, -0.05) is 140 Å². The summed E-state index contributed by atoms with van der Waals surface area (Å²) in [7, 11) is 0. The van der Waals surface area contributed by atoms with Crippen LogP contribution in [0.5, 0.6) is 0 Å². The van der Waals surface area contributed by atoms with E-state index in [1.807, 2.05) is 0 Å². The van der Waals surface area contributed by atoms with Crippen LogP contribution in [0.15, 0.2) is 162 Å². The van der Waals surface area contributed by atoms with Gasteiger partial charge in [-0.2, -0.15) is 0 Å². The fourth-order valence-corrected chi connectivity index (χ4v) is 8.44. The van der Waals surface area contributed by atoms with Crippen LogP contribution in [0.25, 0.3) is 109 Å². The lowest BCUT2D eigenvalue weighted by Gasteiger charge is -2.20. The second-order valence-corrected chi connectivity index (χ2v) is 12.8. The van der Waals surface area contributed by atoms with E-state index in [0.29, 0.717) is 0 Å². The molecule has 0 saturated heterocycles. The molecule has 0 amide bonds. The molecule has 0 aliphatic rings. The molecule has 1 nitrogen and oxygen atoms in total. The first-order valence-electron chi connectivity index (χ1n) is 16.3. The molecule has 10 aromatic carbocycles. The van der Waals surface area contributed by atoms with Gasteiger partial charge in [-0.05, 0) is 88.9 Å². The van der Waals surface area contributed by atoms with Gasteiger partial charge in [0.25, 0.3) is 0 Å². The summed E-state index contributed by atoms with van der Waals surface area (Å²) in [6.45, 7) is 0. The largest absolute Gasteiger partial charge is 0.455 e. The first-order valence-corrected chi connectivity index (χ1v) is 16.3. The molecule has 0 saturated carbocycles. The second-order valence-electron chi connectivity index (χ2n) is 12.8. The number of rotatable bonds is 2. The molecular weight excluding hydrogens is 569 g/mol. The summed E-state index contributed by atoms with van der Waals surface area (Å²) in [5.41, 5.74) is 6.87. The fourth-order valence-electron chi connectivity index (χ4n) is 8.44. The zero-order valence-electron chi connectivity index (χ0n) is 25.4. The lowest BCUT2D eigenvalue weighted by atomic mass is 9.82. The van der Waals surface area contributed by atoms with Gasteiger partial charge in [0.1, 0.15) is 11.2 Å². The van der Waals surface area contributed by atoms with Gasteiger partial charge < -0.3 is 4.42 Å². The Hall–Kier alpha value is -6.18. The maximum atomic E-state index is 6.78. The van der Waals surface area contributed by atoms with Crippen LogP contribution in [-0.4, -0.2) is 0 Å². The zero-order valence-corrected chi connectivity index (χ0v) is 25.4. The van der Waals surface area contributed by atoms with E-state index in [1.54, 1.807) is 0 Å². The summed E-state index contributed by atoms with van der Waals surface area (Å²) in [4.78, 5) is 0. The average molecular weight is 595 g/mol. The molecule has 0 atom stereocenters. The van der Waals surface area contributed by atoms with Crippen molar-refractivity contribution in [3.8, 4) is 22.3 Å². The Bertz CT molecular complexity index is 3060. The Labute approximate surface area is 270 Å². The quantitative estimate of drug-likeness (QED) is 0.143. The predicted octanol–water partition coefficient (Wildman–Crippen LogP) is 13.3. The standard InChI is InChI=1S/C46H26O/c1-2-16-31-27(11-1)12-8-20-32(31)28-13-7-14-29(25-28)41-34-18-3-4-19-37(34)44-43-36(22-10-23-38(41)43)35-21-9-15-30-26-39-33-17-5-6-24-40(33)47-46(39)45(44)42(30)35/h1-26H. The summed E-state index contributed by atoms with van der Waals surface area (Å²) < 4.78 is 6.78. The Morgan fingerprint density at radius 3 is 1.83 bits per heavy atom. The Morgan fingerprint density at radius 2 is 0.915 bits per heavy atom. The maximum Gasteiger partial charge on any atom is 0.143 e. The van der Waals surface area contributed by atoms with Crippen LogP contribution in [0.1, 0.15) is 0 Å². The Balaban J connectivity index is 1.34. The lowest BCUT2D eigenvalue weighted by Crippen LogP contribution is -1.93. The molecule has 0 N–H and O–H groups in total. The van der Waals surface area contributed by atoms with Crippen LogP contribution < -0.4 is 0 Å². The van der Waals surface area contributed by atoms with Crippen molar-refractivity contribution >= 4 is 86.6 Å². The third-order valence-corrected chi connectivity index (χ3v) is 10.3. The van der Waals surface area contributed by atoms with Gasteiger partial charge in [-0.3, -0.25) is 0 Å². The van der Waals surface area contributed by atoms with E-state index in [9.17, 15) is 0 Å². The number of furan rings is 1. The average Bonchev–Trinajstić information content (AvgIpc) is 3.51. The first-order chi connectivity index (χ1) is 23.3. The number of benzene rings is 10. The predicted molar refractivity (Wildman–Crippen MR) is 201 cm³/mol. The maximum absolute atomic E-state index is 6.78. The normalized spacial score (nSPS) is 12.3. The van der Waals surface area contributed by atoms with E-state index >= 15 is 0 Å². The van der Waals surface area contributed by atoms with Crippen LogP contribution in [-0.2, 0) is 0 Å². The van der Waals surface area contributed by atoms with E-state index in [4.69, 9.17) is 4.42 Å². The van der Waals surface area contributed by atoms with Gasteiger partial charge in [0.05, 0.1) is 0 Å². The van der Waals surface area contributed by atoms with Gasteiger partial charge in [-0.15, -0.1) is 0 Å². The van der Waals surface area contributed by atoms with Crippen molar-refractivity contribution in [2.75, 3.05) is 0 Å². The number of fused-ring (bicyclic) bond motifs is 9. The third-order valence-electron chi connectivity index (χ3n) is 10.3. The Kier molecular flexibility index (Phi) is 4.90. The minimum Gasteiger partial charge on any atom is -0.455 e. The van der Waals surface area contributed by atoms with Crippen molar-refractivity contribution in [3.05, 3.63) is 158 Å². The van der Waals surface area contributed by atoms with Gasteiger partial charge >= 0.3 is 0 Å². The Morgan fingerprint density at radius 1 is 0.319 bits per heavy atom. The van der Waals surface area contributed by atoms with Crippen molar-refractivity contribution in [2.45, 2.75) is 0 Å². The molecule has 0 aliphatic heterocycles. The smallest absolute Gasteiger partial charge is 0.143 e. The highest BCUT2D eigenvalue weighted by Gasteiger charge is 2.23. The van der Waals surface area contributed by atoms with Crippen LogP contribution in [0.3, 0.4) is 0 Å². The summed E-state index contributed by atoms with van der Waals surface area (Å²) in [5.74, 6) is 0. The van der Waals surface area contributed by atoms with E-state index in [0.717, 1.165) is 16.6 Å². The van der Waals surface area contributed by atoms with Crippen molar-refractivity contribution in [1.82, 2.24) is 0 Å². The van der Waals surface area contributed by atoms with Gasteiger partial charge in [-0.25, -0.2) is 0 Å². The van der Waals surface area contributed by atoms with E-state index < -0.39 is 0 Å². The van der Waals surface area contributed by atoms with Gasteiger partial charge in [0, 0.05) is 26.9 Å². The fraction of sp³-hybridized carbons (Fsp3) is 0. The molecule has 0 aliphatic carbocycles. The third kappa shape index (κ3) is 3.33. The van der Waals surface area contributed by atoms with E-state index in [1.165, 1.54) is 92.3 Å². The van der Waals surface area contributed by atoms with Crippen LogP contribution in [0, 0.1) is 0 Å². The number of hydrogen-bond donors (Lipinski definition) is 0. The molecular formula is C46H26O. The summed E-state index contributed by atoms with van der Waals surface area (Å²) in [6.07, 6.45) is 0. The van der Waals surface area contributed by atoms with Crippen LogP contribution in [0.4, 0.5) is 0 Å². The molecule has 47 heavy (non-hydrogen) atoms. The summed E-state index contributed by atoms with van der Waals surface area (Å²) in [5, 5.41) is 17.5. The zero-order chi connectivity index (χ0) is 30.6. The van der Waals surface area contributed by atoms with Crippen molar-refractivity contribution in [1.29, 1.82) is 0 Å². The van der Waals surface area contributed by atoms with Gasteiger partial charge in [0.2, 0.25) is 0 Å². The van der Waals surface area contributed by atoms with Crippen molar-refractivity contribution < 1.29 is 4.42 Å². The molecule has 0 unspecified atom stereocenters. The minimum absolute atomic E-state index is 0.928. The monoisotopic (exact) mass is 594 g/mol. The molecule has 1 heterocycles. The highest BCUT2D eigenvalue weighted by molar-refractivity contribution is 6.44. The van der Waals surface area contributed by atoms with Crippen LogP contribution >= 0.6 is 0 Å².